The van der Waals surface area contributed by atoms with Crippen LogP contribution in [0.5, 0.6) is 0 Å². The number of rotatable bonds is 9. The number of carbonyl (C=O) groups is 1. The lowest BCUT2D eigenvalue weighted by atomic mass is 10.0. The molecule has 1 N–H and O–H groups in total. The maximum absolute atomic E-state index is 12.5. The van der Waals surface area contributed by atoms with Crippen LogP contribution >= 0.6 is 0 Å². The van der Waals surface area contributed by atoms with Gasteiger partial charge in [0.05, 0.1) is 17.5 Å². The zero-order valence-corrected chi connectivity index (χ0v) is 18.9. The summed E-state index contributed by atoms with van der Waals surface area (Å²) in [4.78, 5) is 17.3. The van der Waals surface area contributed by atoms with E-state index >= 15 is 0 Å². The Balaban J connectivity index is 1.34. The van der Waals surface area contributed by atoms with E-state index in [0.717, 1.165) is 41.9 Å². The number of nitrogens with one attached hydrogen (secondary N) is 1. The van der Waals surface area contributed by atoms with Crippen molar-refractivity contribution in [3.05, 3.63) is 90.3 Å². The predicted molar refractivity (Wildman–Crippen MR) is 131 cm³/mol. The van der Waals surface area contributed by atoms with Crippen molar-refractivity contribution >= 4 is 16.9 Å². The molecule has 0 bridgehead atoms. The lowest BCUT2D eigenvalue weighted by Crippen LogP contribution is -2.28. The molecule has 4 nitrogen and oxygen atoms in total. The van der Waals surface area contributed by atoms with Gasteiger partial charge >= 0.3 is 0 Å². The number of benzene rings is 3. The third-order valence-corrected chi connectivity index (χ3v) is 5.76. The molecule has 0 atom stereocenters. The van der Waals surface area contributed by atoms with Gasteiger partial charge in [-0.15, -0.1) is 0 Å². The second-order valence-corrected chi connectivity index (χ2v) is 8.69. The SMILES string of the molecule is CC(C)CCn1c(CCNC(=O)Cc2ccc(-c3ccccc3)cc2)nc2ccccc21. The van der Waals surface area contributed by atoms with Crippen molar-refractivity contribution in [3.8, 4) is 11.1 Å². The zero-order chi connectivity index (χ0) is 22.3. The molecule has 0 unspecified atom stereocenters. The van der Waals surface area contributed by atoms with Crippen LogP contribution in [0.25, 0.3) is 22.2 Å². The number of nitrogens with zero attached hydrogens (tertiary/aromatic N) is 2. The number of para-hydroxylation sites is 2. The van der Waals surface area contributed by atoms with Gasteiger partial charge in [-0.3, -0.25) is 4.79 Å². The van der Waals surface area contributed by atoms with Crippen LogP contribution in [0.2, 0.25) is 0 Å². The topological polar surface area (TPSA) is 46.9 Å². The van der Waals surface area contributed by atoms with Crippen molar-refractivity contribution < 1.29 is 4.79 Å². The van der Waals surface area contributed by atoms with Gasteiger partial charge < -0.3 is 9.88 Å². The van der Waals surface area contributed by atoms with Gasteiger partial charge in [-0.1, -0.05) is 80.6 Å². The van der Waals surface area contributed by atoms with Crippen LogP contribution in [0.4, 0.5) is 0 Å². The Hall–Kier alpha value is -3.40. The van der Waals surface area contributed by atoms with Gasteiger partial charge in [0.2, 0.25) is 5.91 Å². The van der Waals surface area contributed by atoms with Gasteiger partial charge in [-0.05, 0) is 41.2 Å². The summed E-state index contributed by atoms with van der Waals surface area (Å²) in [6.45, 7) is 6.03. The van der Waals surface area contributed by atoms with Crippen molar-refractivity contribution in [2.24, 2.45) is 5.92 Å². The Kier molecular flexibility index (Phi) is 7.00. The molecule has 4 aromatic rings. The van der Waals surface area contributed by atoms with Crippen LogP contribution in [0.3, 0.4) is 0 Å². The number of imidazole rings is 1. The minimum Gasteiger partial charge on any atom is -0.355 e. The van der Waals surface area contributed by atoms with Gasteiger partial charge in [0.25, 0.3) is 0 Å². The number of aromatic nitrogens is 2. The Morgan fingerprint density at radius 3 is 2.34 bits per heavy atom. The summed E-state index contributed by atoms with van der Waals surface area (Å²) in [6, 6.07) is 26.8. The van der Waals surface area contributed by atoms with Crippen molar-refractivity contribution in [2.45, 2.75) is 39.7 Å². The average Bonchev–Trinajstić information content (AvgIpc) is 3.16. The fraction of sp³-hybridized carbons (Fsp3) is 0.286. The van der Waals surface area contributed by atoms with Crippen LogP contribution in [0.15, 0.2) is 78.9 Å². The lowest BCUT2D eigenvalue weighted by Gasteiger charge is -2.11. The number of amides is 1. The molecule has 0 saturated heterocycles. The minimum absolute atomic E-state index is 0.0438. The van der Waals surface area contributed by atoms with Crippen LogP contribution < -0.4 is 5.32 Å². The molecule has 3 aromatic carbocycles. The molecule has 1 aromatic heterocycles. The van der Waals surface area contributed by atoms with Crippen LogP contribution in [-0.4, -0.2) is 22.0 Å². The van der Waals surface area contributed by atoms with Crippen molar-refractivity contribution in [1.82, 2.24) is 14.9 Å². The van der Waals surface area contributed by atoms with Gasteiger partial charge in [-0.2, -0.15) is 0 Å². The Morgan fingerprint density at radius 1 is 0.906 bits per heavy atom. The van der Waals surface area contributed by atoms with E-state index in [-0.39, 0.29) is 5.91 Å². The maximum Gasteiger partial charge on any atom is 0.224 e. The quantitative estimate of drug-likeness (QED) is 0.377. The first-order chi connectivity index (χ1) is 15.6. The minimum atomic E-state index is 0.0438. The number of aryl methyl sites for hydroxylation is 1. The highest BCUT2D eigenvalue weighted by Gasteiger charge is 2.11. The molecule has 0 fully saturated rings. The summed E-state index contributed by atoms with van der Waals surface area (Å²) < 4.78 is 2.31. The van der Waals surface area contributed by atoms with Crippen molar-refractivity contribution in [2.75, 3.05) is 6.54 Å². The molecule has 4 rings (SSSR count). The van der Waals surface area contributed by atoms with E-state index in [9.17, 15) is 4.79 Å². The summed E-state index contributed by atoms with van der Waals surface area (Å²) in [6.07, 6.45) is 2.23. The fourth-order valence-electron chi connectivity index (χ4n) is 3.96. The van der Waals surface area contributed by atoms with E-state index in [1.54, 1.807) is 0 Å². The number of fused-ring (bicyclic) bond motifs is 1. The van der Waals surface area contributed by atoms with Gasteiger partial charge in [-0.25, -0.2) is 4.98 Å². The Bertz CT molecular complexity index is 1160. The van der Waals surface area contributed by atoms with Gasteiger partial charge in [0, 0.05) is 19.5 Å². The molecule has 0 aliphatic carbocycles. The number of hydrogen-bond donors (Lipinski definition) is 1. The second-order valence-electron chi connectivity index (χ2n) is 8.69. The van der Waals surface area contributed by atoms with Crippen LogP contribution in [0, 0.1) is 5.92 Å². The summed E-state index contributed by atoms with van der Waals surface area (Å²) in [5, 5.41) is 3.07. The molecule has 1 amide bonds. The normalized spacial score (nSPS) is 11.2. The van der Waals surface area contributed by atoms with Gasteiger partial charge in [0.1, 0.15) is 5.82 Å². The Morgan fingerprint density at radius 2 is 1.59 bits per heavy atom. The van der Waals surface area contributed by atoms with Crippen molar-refractivity contribution in [1.29, 1.82) is 0 Å². The first kappa shape index (κ1) is 21.8. The molecule has 0 saturated carbocycles. The van der Waals surface area contributed by atoms with E-state index in [1.165, 1.54) is 11.1 Å². The lowest BCUT2D eigenvalue weighted by molar-refractivity contribution is -0.120. The smallest absolute Gasteiger partial charge is 0.224 e. The monoisotopic (exact) mass is 425 g/mol. The Labute approximate surface area is 190 Å². The van der Waals surface area contributed by atoms with Crippen LogP contribution in [-0.2, 0) is 24.2 Å². The summed E-state index contributed by atoms with van der Waals surface area (Å²) in [5.74, 6) is 1.72. The molecule has 0 radical (unpaired) electrons. The fourth-order valence-corrected chi connectivity index (χ4v) is 3.96. The molecule has 0 aliphatic rings. The first-order valence-electron chi connectivity index (χ1n) is 11.5. The average molecular weight is 426 g/mol. The van der Waals surface area contributed by atoms with Gasteiger partial charge in [0.15, 0.2) is 0 Å². The molecule has 164 valence electrons. The molecule has 4 heteroatoms. The first-order valence-corrected chi connectivity index (χ1v) is 11.5. The molecule has 32 heavy (non-hydrogen) atoms. The third kappa shape index (κ3) is 5.44. The van der Waals surface area contributed by atoms with E-state index in [4.69, 9.17) is 4.98 Å². The van der Waals surface area contributed by atoms with E-state index < -0.39 is 0 Å². The zero-order valence-electron chi connectivity index (χ0n) is 18.9. The molecule has 0 aliphatic heterocycles. The predicted octanol–water partition coefficient (Wildman–Crippen LogP) is 5.65. The van der Waals surface area contributed by atoms with E-state index in [1.807, 2.05) is 36.4 Å². The highest BCUT2D eigenvalue weighted by molar-refractivity contribution is 5.79. The highest BCUT2D eigenvalue weighted by Crippen LogP contribution is 2.20. The molecule has 1 heterocycles. The van der Waals surface area contributed by atoms with E-state index in [2.05, 4.69) is 66.2 Å². The second kappa shape index (κ2) is 10.3. The maximum atomic E-state index is 12.5. The standard InChI is InChI=1S/C28H31N3O/c1-21(2)17-19-31-26-11-7-6-10-25(26)30-27(31)16-18-29-28(32)20-22-12-14-24(15-13-22)23-8-4-3-5-9-23/h3-15,21H,16-20H2,1-2H3,(H,29,32). The molecular weight excluding hydrogens is 394 g/mol. The van der Waals surface area contributed by atoms with Crippen molar-refractivity contribution in [3.63, 3.8) is 0 Å². The van der Waals surface area contributed by atoms with E-state index in [0.29, 0.717) is 18.9 Å². The highest BCUT2D eigenvalue weighted by atomic mass is 16.1. The molecular formula is C28H31N3O. The summed E-state index contributed by atoms with van der Waals surface area (Å²) in [5.41, 5.74) is 5.56. The largest absolute Gasteiger partial charge is 0.355 e. The molecule has 0 spiro atoms. The van der Waals surface area contributed by atoms with Crippen LogP contribution in [0.1, 0.15) is 31.7 Å². The third-order valence-electron chi connectivity index (χ3n) is 5.76. The number of hydrogen-bond acceptors (Lipinski definition) is 2. The number of carbonyl (C=O) groups excluding carboxylic acids is 1. The summed E-state index contributed by atoms with van der Waals surface area (Å²) >= 11 is 0. The summed E-state index contributed by atoms with van der Waals surface area (Å²) in [7, 11) is 0.